The maximum atomic E-state index is 12.7. The molecule has 0 unspecified atom stereocenters. The number of halogens is 1. The van der Waals surface area contributed by atoms with Gasteiger partial charge in [0.1, 0.15) is 10.6 Å². The molecule has 0 aliphatic heterocycles. The van der Waals surface area contributed by atoms with Gasteiger partial charge in [0, 0.05) is 11.7 Å². The third-order valence-electron chi connectivity index (χ3n) is 4.76. The maximum absolute atomic E-state index is 12.7. The molecule has 30 heavy (non-hydrogen) atoms. The number of sulfonamides is 1. The molecule has 0 saturated heterocycles. The lowest BCUT2D eigenvalue weighted by Crippen LogP contribution is -2.39. The lowest BCUT2D eigenvalue weighted by molar-refractivity contribution is 0.244. The molecule has 2 aromatic carbocycles. The van der Waals surface area contributed by atoms with Gasteiger partial charge in [0.2, 0.25) is 0 Å². The molecule has 2 amide bonds. The highest BCUT2D eigenvalue weighted by atomic mass is 35.5. The van der Waals surface area contributed by atoms with Crippen LogP contribution < -0.4 is 15.4 Å². The van der Waals surface area contributed by atoms with Crippen molar-refractivity contribution in [1.29, 1.82) is 0 Å². The molecule has 0 bridgehead atoms. The number of benzene rings is 2. The number of phenolic OH excluding ortho intramolecular Hbond substituents is 1. The first-order valence-electron chi connectivity index (χ1n) is 9.35. The number of amides is 2. The zero-order valence-electron chi connectivity index (χ0n) is 15.9. The van der Waals surface area contributed by atoms with E-state index in [9.17, 15) is 23.2 Å². The second kappa shape index (κ2) is 9.31. The van der Waals surface area contributed by atoms with Crippen molar-refractivity contribution in [1.82, 2.24) is 5.32 Å². The lowest BCUT2D eigenvalue weighted by atomic mass is 9.96. The van der Waals surface area contributed by atoms with Gasteiger partial charge in [-0.1, -0.05) is 43.0 Å². The van der Waals surface area contributed by atoms with E-state index in [0.717, 1.165) is 32.1 Å². The molecule has 2 aromatic rings. The summed E-state index contributed by atoms with van der Waals surface area (Å²) in [6.07, 6.45) is 5.07. The number of rotatable bonds is 6. The zero-order valence-corrected chi connectivity index (χ0v) is 17.5. The van der Waals surface area contributed by atoms with Crippen LogP contribution in [0.15, 0.2) is 46.5 Å². The Labute approximate surface area is 178 Å². The number of anilines is 2. The first kappa shape index (κ1) is 21.8. The summed E-state index contributed by atoms with van der Waals surface area (Å²) in [5, 5.41) is 18.2. The van der Waals surface area contributed by atoms with Crippen molar-refractivity contribution in [3.8, 4) is 5.75 Å². The maximum Gasteiger partial charge on any atom is 0.319 e. The van der Waals surface area contributed by atoms with Gasteiger partial charge in [0.05, 0.1) is 10.7 Å². The molecule has 11 heteroatoms. The lowest BCUT2D eigenvalue weighted by Gasteiger charge is -2.23. The van der Waals surface area contributed by atoms with E-state index in [0.29, 0.717) is 0 Å². The van der Waals surface area contributed by atoms with E-state index in [1.807, 2.05) is 0 Å². The van der Waals surface area contributed by atoms with Gasteiger partial charge in [-0.2, -0.15) is 0 Å². The van der Waals surface area contributed by atoms with Crippen LogP contribution in [0.25, 0.3) is 0 Å². The molecule has 0 heterocycles. The van der Waals surface area contributed by atoms with Crippen molar-refractivity contribution < 1.29 is 18.3 Å². The van der Waals surface area contributed by atoms with E-state index in [4.69, 9.17) is 11.6 Å². The highest BCUT2D eigenvalue weighted by molar-refractivity contribution is 7.92. The van der Waals surface area contributed by atoms with Crippen molar-refractivity contribution in [3.63, 3.8) is 0 Å². The van der Waals surface area contributed by atoms with Crippen LogP contribution in [0.3, 0.4) is 0 Å². The van der Waals surface area contributed by atoms with Crippen molar-refractivity contribution >= 4 is 44.7 Å². The van der Waals surface area contributed by atoms with Crippen LogP contribution in [0, 0.1) is 4.91 Å². The molecule has 0 spiro atoms. The Morgan fingerprint density at radius 2 is 1.83 bits per heavy atom. The van der Waals surface area contributed by atoms with Crippen LogP contribution in [0.4, 0.5) is 21.9 Å². The molecule has 1 aliphatic rings. The van der Waals surface area contributed by atoms with Crippen molar-refractivity contribution in [3.05, 3.63) is 46.3 Å². The number of nitroso groups, excluding NO2 is 1. The quantitative estimate of drug-likeness (QED) is 0.286. The normalized spacial score (nSPS) is 14.7. The minimum atomic E-state index is -4.25. The second-order valence-corrected chi connectivity index (χ2v) is 9.01. The van der Waals surface area contributed by atoms with Crippen LogP contribution in [-0.2, 0) is 10.0 Å². The standard InChI is InChI=1S/C19H21ClN4O5S/c20-14-10-13(22-19(26)21-12-6-2-1-3-7-12)11-16(18(14)25)24-30(28,29)17-9-5-4-8-15(17)23-27/h4-5,8-12,24-25H,1-3,6-7H2,(H2,21,22,26). The minimum absolute atomic E-state index is 0.0802. The Morgan fingerprint density at radius 1 is 1.13 bits per heavy atom. The van der Waals surface area contributed by atoms with Crippen LogP contribution in [0.2, 0.25) is 5.02 Å². The number of nitrogens with one attached hydrogen (secondary N) is 3. The molecular weight excluding hydrogens is 432 g/mol. The number of urea groups is 1. The van der Waals surface area contributed by atoms with E-state index in [1.165, 1.54) is 36.4 Å². The van der Waals surface area contributed by atoms with Gasteiger partial charge in [0.15, 0.2) is 5.75 Å². The molecule has 0 radical (unpaired) electrons. The van der Waals surface area contributed by atoms with E-state index in [1.54, 1.807) is 0 Å². The Bertz CT molecular complexity index is 1050. The molecule has 0 atom stereocenters. The molecule has 1 fully saturated rings. The van der Waals surface area contributed by atoms with E-state index >= 15 is 0 Å². The fourth-order valence-electron chi connectivity index (χ4n) is 3.31. The topological polar surface area (TPSA) is 137 Å². The number of phenols is 1. The SMILES string of the molecule is O=Nc1ccccc1S(=O)(=O)Nc1cc(NC(=O)NC2CCCCC2)cc(Cl)c1O. The summed E-state index contributed by atoms with van der Waals surface area (Å²) in [5.41, 5.74) is -0.349. The van der Waals surface area contributed by atoms with E-state index < -0.39 is 21.8 Å². The van der Waals surface area contributed by atoms with Gasteiger partial charge in [0.25, 0.3) is 10.0 Å². The van der Waals surface area contributed by atoms with Gasteiger partial charge >= 0.3 is 6.03 Å². The summed E-state index contributed by atoms with van der Waals surface area (Å²) >= 11 is 6.00. The fraction of sp³-hybridized carbons (Fsp3) is 0.316. The van der Waals surface area contributed by atoms with Gasteiger partial charge in [-0.25, -0.2) is 13.2 Å². The predicted octanol–water partition coefficient (Wildman–Crippen LogP) is 4.70. The number of carbonyl (C=O) groups excluding carboxylic acids is 1. The average molecular weight is 453 g/mol. The first-order valence-corrected chi connectivity index (χ1v) is 11.2. The van der Waals surface area contributed by atoms with Crippen molar-refractivity contribution in [2.24, 2.45) is 5.18 Å². The number of hydrogen-bond acceptors (Lipinski definition) is 6. The number of aromatic hydroxyl groups is 1. The monoisotopic (exact) mass is 452 g/mol. The Balaban J connectivity index is 1.81. The van der Waals surface area contributed by atoms with Crippen molar-refractivity contribution in [2.45, 2.75) is 43.0 Å². The highest BCUT2D eigenvalue weighted by Gasteiger charge is 2.22. The number of hydrogen-bond donors (Lipinski definition) is 4. The summed E-state index contributed by atoms with van der Waals surface area (Å²) in [6, 6.07) is 7.53. The predicted molar refractivity (Wildman–Crippen MR) is 115 cm³/mol. The smallest absolute Gasteiger partial charge is 0.319 e. The highest BCUT2D eigenvalue weighted by Crippen LogP contribution is 2.37. The Kier molecular flexibility index (Phi) is 6.78. The van der Waals surface area contributed by atoms with Gasteiger partial charge in [-0.15, -0.1) is 4.91 Å². The third kappa shape index (κ3) is 5.19. The largest absolute Gasteiger partial charge is 0.504 e. The minimum Gasteiger partial charge on any atom is -0.504 e. The van der Waals surface area contributed by atoms with Crippen LogP contribution >= 0.6 is 11.6 Å². The molecule has 1 aliphatic carbocycles. The summed E-state index contributed by atoms with van der Waals surface area (Å²) in [5.74, 6) is -0.518. The molecule has 9 nitrogen and oxygen atoms in total. The molecule has 3 rings (SSSR count). The molecular formula is C19H21ClN4O5S. The summed E-state index contributed by atoms with van der Waals surface area (Å²) < 4.78 is 27.5. The fourth-order valence-corrected chi connectivity index (χ4v) is 4.72. The first-order chi connectivity index (χ1) is 14.3. The van der Waals surface area contributed by atoms with Gasteiger partial charge in [-0.05, 0) is 42.3 Å². The van der Waals surface area contributed by atoms with Crippen LogP contribution in [-0.4, -0.2) is 25.6 Å². The summed E-state index contributed by atoms with van der Waals surface area (Å²) in [7, 11) is -4.25. The summed E-state index contributed by atoms with van der Waals surface area (Å²) in [6.45, 7) is 0. The molecule has 4 N–H and O–H groups in total. The van der Waals surface area contributed by atoms with Gasteiger partial charge in [-0.3, -0.25) is 4.72 Å². The van der Waals surface area contributed by atoms with Gasteiger partial charge < -0.3 is 15.7 Å². The van der Waals surface area contributed by atoms with E-state index in [2.05, 4.69) is 20.5 Å². The molecule has 160 valence electrons. The summed E-state index contributed by atoms with van der Waals surface area (Å²) in [4.78, 5) is 22.8. The third-order valence-corrected chi connectivity index (χ3v) is 6.46. The average Bonchev–Trinajstić information content (AvgIpc) is 2.72. The Hall–Kier alpha value is -2.85. The zero-order chi connectivity index (χ0) is 21.7. The molecule has 1 saturated carbocycles. The van der Waals surface area contributed by atoms with Crippen LogP contribution in [0.1, 0.15) is 32.1 Å². The Morgan fingerprint density at radius 3 is 2.53 bits per heavy atom. The number of nitrogens with zero attached hydrogens (tertiary/aromatic N) is 1. The van der Waals surface area contributed by atoms with Crippen LogP contribution in [0.5, 0.6) is 5.75 Å². The second-order valence-electron chi connectivity index (χ2n) is 6.95. The van der Waals surface area contributed by atoms with E-state index in [-0.39, 0.29) is 33.0 Å². The van der Waals surface area contributed by atoms with Crippen molar-refractivity contribution in [2.75, 3.05) is 10.0 Å². The molecule has 0 aromatic heterocycles. The number of carbonyl (C=O) groups is 1.